The van der Waals surface area contributed by atoms with Gasteiger partial charge in [0.25, 0.3) is 0 Å². The molecule has 0 aliphatic rings. The molecular formula is C11H7NO3. The van der Waals surface area contributed by atoms with Gasteiger partial charge in [-0.05, 0) is 18.2 Å². The first-order chi connectivity index (χ1) is 7.15. The topological polar surface area (TPSA) is 81.3 Å². The van der Waals surface area contributed by atoms with Gasteiger partial charge in [-0.1, -0.05) is 11.8 Å². The first-order valence-corrected chi connectivity index (χ1v) is 4.07. The second-order valence-corrected chi connectivity index (χ2v) is 2.67. The summed E-state index contributed by atoms with van der Waals surface area (Å²) in [7, 11) is 0. The molecule has 4 nitrogen and oxygen atoms in total. The largest absolute Gasteiger partial charge is 0.507 e. The molecule has 1 aromatic carbocycles. The molecule has 0 fully saturated rings. The molecule has 2 N–H and O–H groups in total. The van der Waals surface area contributed by atoms with Crippen molar-refractivity contribution in [1.82, 2.24) is 0 Å². The molecule has 0 amide bonds. The fraction of sp³-hybridized carbons (Fsp3) is 0.0909. The van der Waals surface area contributed by atoms with Crippen molar-refractivity contribution in [3.63, 3.8) is 0 Å². The van der Waals surface area contributed by atoms with Gasteiger partial charge in [-0.2, -0.15) is 5.26 Å². The summed E-state index contributed by atoms with van der Waals surface area (Å²) in [4.78, 5) is 10.6. The van der Waals surface area contributed by atoms with Crippen molar-refractivity contribution < 1.29 is 15.0 Å². The quantitative estimate of drug-likeness (QED) is 0.672. The lowest BCUT2D eigenvalue weighted by molar-refractivity contribution is 0.0693. The van der Waals surface area contributed by atoms with E-state index in [0.717, 1.165) is 0 Å². The first-order valence-electron chi connectivity index (χ1n) is 4.07. The van der Waals surface area contributed by atoms with E-state index in [0.29, 0.717) is 5.56 Å². The zero-order chi connectivity index (χ0) is 11.3. The van der Waals surface area contributed by atoms with Crippen molar-refractivity contribution in [2.45, 2.75) is 6.42 Å². The number of hydrogen-bond acceptors (Lipinski definition) is 3. The van der Waals surface area contributed by atoms with E-state index in [2.05, 4.69) is 11.8 Å². The number of carbonyl (C=O) groups is 1. The molecule has 0 radical (unpaired) electrons. The number of nitrogens with zero attached hydrogens (tertiary/aromatic N) is 1. The van der Waals surface area contributed by atoms with Gasteiger partial charge in [-0.3, -0.25) is 0 Å². The number of rotatable bonds is 1. The molecule has 74 valence electrons. The van der Waals surface area contributed by atoms with Gasteiger partial charge < -0.3 is 10.2 Å². The molecule has 0 saturated heterocycles. The minimum atomic E-state index is -1.21. The highest BCUT2D eigenvalue weighted by Crippen LogP contribution is 2.17. The smallest absolute Gasteiger partial charge is 0.339 e. The summed E-state index contributed by atoms with van der Waals surface area (Å²) < 4.78 is 0. The number of phenols is 1. The highest BCUT2D eigenvalue weighted by atomic mass is 16.4. The average molecular weight is 201 g/mol. The normalized spacial score (nSPS) is 8.47. The minimum Gasteiger partial charge on any atom is -0.507 e. The van der Waals surface area contributed by atoms with E-state index in [4.69, 9.17) is 10.4 Å². The van der Waals surface area contributed by atoms with Crippen LogP contribution in [0, 0.1) is 23.2 Å². The van der Waals surface area contributed by atoms with Crippen LogP contribution in [-0.2, 0) is 0 Å². The Kier molecular flexibility index (Phi) is 3.32. The van der Waals surface area contributed by atoms with Crippen molar-refractivity contribution in [2.24, 2.45) is 0 Å². The summed E-state index contributed by atoms with van der Waals surface area (Å²) in [5.41, 5.74) is 0.263. The highest BCUT2D eigenvalue weighted by Gasteiger charge is 2.08. The third kappa shape index (κ3) is 2.75. The Morgan fingerprint density at radius 2 is 2.20 bits per heavy atom. The number of carboxylic acid groups (broad SMARTS) is 1. The summed E-state index contributed by atoms with van der Waals surface area (Å²) in [5.74, 6) is 3.66. The molecule has 0 aliphatic heterocycles. The third-order valence-electron chi connectivity index (χ3n) is 1.63. The number of benzene rings is 1. The van der Waals surface area contributed by atoms with Crippen LogP contribution in [0.3, 0.4) is 0 Å². The summed E-state index contributed by atoms with van der Waals surface area (Å²) in [6.07, 6.45) is 0.0866. The van der Waals surface area contributed by atoms with Crippen LogP contribution in [-0.4, -0.2) is 16.2 Å². The second-order valence-electron chi connectivity index (χ2n) is 2.67. The van der Waals surface area contributed by atoms with E-state index in [-0.39, 0.29) is 17.7 Å². The number of nitriles is 1. The van der Waals surface area contributed by atoms with E-state index in [9.17, 15) is 9.90 Å². The van der Waals surface area contributed by atoms with Crippen LogP contribution in [0.2, 0.25) is 0 Å². The standard InChI is InChI=1S/C11H7NO3/c12-6-2-1-3-8-4-5-10(13)9(7-8)11(14)15/h4-5,7,13H,2H2,(H,14,15). The maximum Gasteiger partial charge on any atom is 0.339 e. The highest BCUT2D eigenvalue weighted by molar-refractivity contribution is 5.91. The average Bonchev–Trinajstić information content (AvgIpc) is 2.20. The monoisotopic (exact) mass is 201 g/mol. The van der Waals surface area contributed by atoms with Crippen LogP contribution in [0.4, 0.5) is 0 Å². The maximum atomic E-state index is 10.6. The van der Waals surface area contributed by atoms with E-state index in [1.54, 1.807) is 0 Å². The van der Waals surface area contributed by atoms with E-state index in [1.807, 2.05) is 6.07 Å². The van der Waals surface area contributed by atoms with Crippen LogP contribution >= 0.6 is 0 Å². The fourth-order valence-electron chi connectivity index (χ4n) is 0.971. The Balaban J connectivity index is 3.05. The van der Waals surface area contributed by atoms with Crippen LogP contribution in [0.5, 0.6) is 5.75 Å². The fourth-order valence-corrected chi connectivity index (χ4v) is 0.971. The summed E-state index contributed by atoms with van der Waals surface area (Å²) in [5, 5.41) is 26.1. The van der Waals surface area contributed by atoms with Crippen molar-refractivity contribution >= 4 is 5.97 Å². The second kappa shape index (κ2) is 4.69. The lowest BCUT2D eigenvalue weighted by Gasteiger charge is -1.98. The number of aromatic carboxylic acids is 1. The van der Waals surface area contributed by atoms with Gasteiger partial charge in [-0.25, -0.2) is 4.79 Å². The van der Waals surface area contributed by atoms with E-state index >= 15 is 0 Å². The summed E-state index contributed by atoms with van der Waals surface area (Å²) >= 11 is 0. The van der Waals surface area contributed by atoms with Gasteiger partial charge in [0, 0.05) is 5.56 Å². The van der Waals surface area contributed by atoms with Gasteiger partial charge in [0.15, 0.2) is 0 Å². The molecule has 0 unspecified atom stereocenters. The van der Waals surface area contributed by atoms with Crippen LogP contribution in [0.25, 0.3) is 0 Å². The molecule has 4 heteroatoms. The SMILES string of the molecule is N#CCC#Cc1ccc(O)c(C(=O)O)c1. The zero-order valence-electron chi connectivity index (χ0n) is 7.69. The maximum absolute atomic E-state index is 10.6. The lowest BCUT2D eigenvalue weighted by atomic mass is 10.1. The van der Waals surface area contributed by atoms with Gasteiger partial charge in [-0.15, -0.1) is 0 Å². The Hall–Kier alpha value is -2.46. The summed E-state index contributed by atoms with van der Waals surface area (Å²) in [6.45, 7) is 0. The number of aromatic hydroxyl groups is 1. The predicted molar refractivity (Wildman–Crippen MR) is 52.2 cm³/mol. The number of carboxylic acids is 1. The first kappa shape index (κ1) is 10.6. The lowest BCUT2D eigenvalue weighted by Crippen LogP contribution is -1.97. The Bertz CT molecular complexity index is 489. The van der Waals surface area contributed by atoms with Gasteiger partial charge >= 0.3 is 5.97 Å². The van der Waals surface area contributed by atoms with Crippen molar-refractivity contribution in [3.05, 3.63) is 29.3 Å². The molecule has 1 rings (SSSR count). The van der Waals surface area contributed by atoms with Gasteiger partial charge in [0.05, 0.1) is 12.5 Å². The molecule has 0 bridgehead atoms. The number of hydrogen-bond donors (Lipinski definition) is 2. The molecule has 0 spiro atoms. The van der Waals surface area contributed by atoms with Gasteiger partial charge in [0.1, 0.15) is 11.3 Å². The van der Waals surface area contributed by atoms with E-state index < -0.39 is 5.97 Å². The Morgan fingerprint density at radius 3 is 2.80 bits per heavy atom. The molecule has 0 saturated carbocycles. The van der Waals surface area contributed by atoms with Gasteiger partial charge in [0.2, 0.25) is 0 Å². The molecular weight excluding hydrogens is 194 g/mol. The molecule has 0 heterocycles. The predicted octanol–water partition coefficient (Wildman–Crippen LogP) is 1.36. The molecule has 1 aromatic rings. The minimum absolute atomic E-state index is 0.0866. The van der Waals surface area contributed by atoms with Crippen molar-refractivity contribution in [1.29, 1.82) is 5.26 Å². The Morgan fingerprint density at radius 1 is 1.47 bits per heavy atom. The molecule has 0 aliphatic carbocycles. The summed E-state index contributed by atoms with van der Waals surface area (Å²) in [6, 6.07) is 5.87. The van der Waals surface area contributed by atoms with Crippen LogP contribution < -0.4 is 0 Å². The Labute approximate surface area is 86.4 Å². The zero-order valence-corrected chi connectivity index (χ0v) is 7.69. The van der Waals surface area contributed by atoms with Crippen molar-refractivity contribution in [2.75, 3.05) is 0 Å². The third-order valence-corrected chi connectivity index (χ3v) is 1.63. The van der Waals surface area contributed by atoms with Crippen molar-refractivity contribution in [3.8, 4) is 23.7 Å². The van der Waals surface area contributed by atoms with Crippen LogP contribution in [0.15, 0.2) is 18.2 Å². The molecule has 0 aromatic heterocycles. The van der Waals surface area contributed by atoms with E-state index in [1.165, 1.54) is 18.2 Å². The molecule has 0 atom stereocenters. The van der Waals surface area contributed by atoms with Crippen LogP contribution in [0.1, 0.15) is 22.3 Å². The molecule has 15 heavy (non-hydrogen) atoms.